The van der Waals surface area contributed by atoms with Crippen LogP contribution in [0.15, 0.2) is 36.4 Å². The van der Waals surface area contributed by atoms with E-state index < -0.39 is 37.3 Å². The third-order valence-corrected chi connectivity index (χ3v) is 5.75. The molecule has 0 aliphatic carbocycles. The summed E-state index contributed by atoms with van der Waals surface area (Å²) in [5, 5.41) is 40.4. The van der Waals surface area contributed by atoms with Gasteiger partial charge in [0.15, 0.2) is 18.2 Å². The summed E-state index contributed by atoms with van der Waals surface area (Å²) in [7, 11) is 2.98. The van der Waals surface area contributed by atoms with Crippen LogP contribution in [0.3, 0.4) is 0 Å². The van der Waals surface area contributed by atoms with E-state index in [0.29, 0.717) is 24.5 Å². The minimum Gasteiger partial charge on any atom is -0.497 e. The molecule has 0 amide bonds. The normalized spacial score (nSPS) is 24.0. The van der Waals surface area contributed by atoms with Gasteiger partial charge >= 0.3 is 0 Å². The second-order valence-corrected chi connectivity index (χ2v) is 8.01. The van der Waals surface area contributed by atoms with Gasteiger partial charge in [-0.25, -0.2) is 0 Å². The molecule has 1 heterocycles. The van der Waals surface area contributed by atoms with Crippen molar-refractivity contribution in [2.75, 3.05) is 27.4 Å². The van der Waals surface area contributed by atoms with Gasteiger partial charge in [-0.1, -0.05) is 12.1 Å². The van der Waals surface area contributed by atoms with Crippen LogP contribution in [0.2, 0.25) is 0 Å². The lowest BCUT2D eigenvalue weighted by Crippen LogP contribution is -2.60. The predicted octanol–water partition coefficient (Wildman–Crippen LogP) is 1.10. The van der Waals surface area contributed by atoms with E-state index in [9.17, 15) is 25.2 Å². The Balaban J connectivity index is 1.90. The minimum atomic E-state index is -1.67. The number of Topliss-reactive ketones (excluding diaryl/α,β-unsaturated/α-hetero) is 1. The molecule has 3 rings (SSSR count). The summed E-state index contributed by atoms with van der Waals surface area (Å²) in [6.45, 7) is 1.52. The van der Waals surface area contributed by atoms with Crippen LogP contribution in [-0.4, -0.2) is 84.3 Å². The topological polar surface area (TPSA) is 144 Å². The van der Waals surface area contributed by atoms with Crippen LogP contribution in [0.4, 0.5) is 0 Å². The van der Waals surface area contributed by atoms with Crippen LogP contribution in [0.25, 0.3) is 0 Å². The summed E-state index contributed by atoms with van der Waals surface area (Å²) in [4.78, 5) is 13.3. The number of rotatable bonds is 11. The van der Waals surface area contributed by atoms with Crippen LogP contribution < -0.4 is 18.9 Å². The van der Waals surface area contributed by atoms with Crippen molar-refractivity contribution in [3.8, 4) is 23.0 Å². The van der Waals surface area contributed by atoms with E-state index in [2.05, 4.69) is 0 Å². The molecule has 1 aliphatic rings. The summed E-state index contributed by atoms with van der Waals surface area (Å²) < 4.78 is 27.2. The number of carbonyl (C=O) groups excluding carboxylic acids is 1. The predicted molar refractivity (Wildman–Crippen MR) is 124 cm³/mol. The number of carbonyl (C=O) groups is 1. The van der Waals surface area contributed by atoms with Crippen molar-refractivity contribution in [3.05, 3.63) is 47.5 Å². The van der Waals surface area contributed by atoms with Crippen molar-refractivity contribution in [3.63, 3.8) is 0 Å². The van der Waals surface area contributed by atoms with E-state index in [1.807, 2.05) is 24.3 Å². The summed E-state index contributed by atoms with van der Waals surface area (Å²) in [5.74, 6) is 0.946. The maximum absolute atomic E-state index is 13.3. The summed E-state index contributed by atoms with van der Waals surface area (Å²) >= 11 is 0. The number of ether oxygens (including phenoxy) is 5. The van der Waals surface area contributed by atoms with Gasteiger partial charge in [-0.15, -0.1) is 0 Å². The van der Waals surface area contributed by atoms with Gasteiger partial charge in [0.05, 0.1) is 27.4 Å². The van der Waals surface area contributed by atoms with Gasteiger partial charge in [-0.2, -0.15) is 0 Å². The average Bonchev–Trinajstić information content (AvgIpc) is 2.87. The highest BCUT2D eigenvalue weighted by molar-refractivity contribution is 6.01. The molecule has 0 bridgehead atoms. The molecule has 1 aliphatic heterocycles. The van der Waals surface area contributed by atoms with Gasteiger partial charge in [0.1, 0.15) is 46.9 Å². The van der Waals surface area contributed by atoms with Gasteiger partial charge in [0.25, 0.3) is 0 Å². The molecule has 10 nitrogen and oxygen atoms in total. The summed E-state index contributed by atoms with van der Waals surface area (Å²) in [6, 6.07) is 10.4. The number of hydrogen-bond donors (Lipinski definition) is 4. The fourth-order valence-electron chi connectivity index (χ4n) is 3.87. The Morgan fingerprint density at radius 1 is 0.971 bits per heavy atom. The van der Waals surface area contributed by atoms with E-state index >= 15 is 0 Å². The molecule has 2 aromatic carbocycles. The number of aliphatic hydroxyl groups excluding tert-OH is 4. The molecule has 1 saturated heterocycles. The molecule has 1 fully saturated rings. The molecule has 0 aromatic heterocycles. The van der Waals surface area contributed by atoms with Crippen LogP contribution in [0.5, 0.6) is 23.0 Å². The smallest absolute Gasteiger partial charge is 0.195 e. The molecule has 0 saturated carbocycles. The van der Waals surface area contributed by atoms with Gasteiger partial charge in [0, 0.05) is 18.6 Å². The quantitative estimate of drug-likeness (QED) is 0.337. The highest BCUT2D eigenvalue weighted by Gasteiger charge is 2.45. The maximum Gasteiger partial charge on any atom is 0.195 e. The van der Waals surface area contributed by atoms with E-state index in [-0.39, 0.29) is 29.3 Å². The minimum absolute atomic E-state index is 0.00567. The first kappa shape index (κ1) is 26.7. The number of methoxy groups -OCH3 is 2. The maximum atomic E-state index is 13.3. The Hall–Kier alpha value is -2.89. The molecule has 4 N–H and O–H groups in total. The first-order chi connectivity index (χ1) is 16.8. The molecule has 192 valence electrons. The largest absolute Gasteiger partial charge is 0.497 e. The number of aliphatic hydroxyl groups is 4. The van der Waals surface area contributed by atoms with Gasteiger partial charge in [0.2, 0.25) is 0 Å². The Morgan fingerprint density at radius 3 is 2.26 bits per heavy atom. The van der Waals surface area contributed by atoms with Crippen molar-refractivity contribution in [2.45, 2.75) is 50.5 Å². The van der Waals surface area contributed by atoms with Crippen LogP contribution >= 0.6 is 0 Å². The Labute approximate surface area is 203 Å². The van der Waals surface area contributed by atoms with Crippen LogP contribution in [0.1, 0.15) is 29.3 Å². The van der Waals surface area contributed by atoms with Gasteiger partial charge < -0.3 is 44.1 Å². The first-order valence-corrected chi connectivity index (χ1v) is 11.3. The zero-order valence-electron chi connectivity index (χ0n) is 19.9. The number of aryl methyl sites for hydroxylation is 1. The number of ketones is 1. The van der Waals surface area contributed by atoms with Crippen molar-refractivity contribution in [2.24, 2.45) is 0 Å². The third-order valence-electron chi connectivity index (χ3n) is 5.75. The lowest BCUT2D eigenvalue weighted by molar-refractivity contribution is -0.280. The average molecular weight is 493 g/mol. The Kier molecular flexibility index (Phi) is 9.30. The lowest BCUT2D eigenvalue weighted by atomic mass is 9.98. The Morgan fingerprint density at radius 2 is 1.66 bits per heavy atom. The van der Waals surface area contributed by atoms with Crippen molar-refractivity contribution >= 4 is 5.78 Å². The molecule has 0 unspecified atom stereocenters. The highest BCUT2D eigenvalue weighted by Crippen LogP contribution is 2.37. The molecular formula is C25H32O10. The fraction of sp³-hybridized carbons (Fsp3) is 0.480. The third kappa shape index (κ3) is 6.22. The molecule has 0 radical (unpaired) electrons. The van der Waals surface area contributed by atoms with E-state index in [1.54, 1.807) is 20.1 Å². The Bertz CT molecular complexity index is 977. The fourth-order valence-corrected chi connectivity index (χ4v) is 3.87. The monoisotopic (exact) mass is 492 g/mol. The van der Waals surface area contributed by atoms with Crippen molar-refractivity contribution < 1.29 is 48.9 Å². The highest BCUT2D eigenvalue weighted by atomic mass is 16.7. The van der Waals surface area contributed by atoms with Crippen LogP contribution in [-0.2, 0) is 11.2 Å². The molecule has 2 aromatic rings. The molecule has 10 heteroatoms. The second-order valence-electron chi connectivity index (χ2n) is 8.01. The number of hydrogen-bond acceptors (Lipinski definition) is 10. The van der Waals surface area contributed by atoms with Crippen molar-refractivity contribution in [1.29, 1.82) is 0 Å². The van der Waals surface area contributed by atoms with E-state index in [4.69, 9.17) is 23.7 Å². The zero-order chi connectivity index (χ0) is 25.5. The number of benzene rings is 2. The lowest BCUT2D eigenvalue weighted by Gasteiger charge is -2.40. The summed E-state index contributed by atoms with van der Waals surface area (Å²) in [5.41, 5.74) is 1.03. The van der Waals surface area contributed by atoms with Gasteiger partial charge in [-0.3, -0.25) is 4.79 Å². The van der Waals surface area contributed by atoms with Crippen molar-refractivity contribution in [1.82, 2.24) is 0 Å². The van der Waals surface area contributed by atoms with Gasteiger partial charge in [-0.05, 0) is 31.0 Å². The van der Waals surface area contributed by atoms with Crippen LogP contribution in [0, 0.1) is 0 Å². The van der Waals surface area contributed by atoms with E-state index in [0.717, 1.165) is 5.56 Å². The molecule has 35 heavy (non-hydrogen) atoms. The SMILES string of the molecule is CCOc1cc(OC)c(C(=O)CCc2ccc(OC)cc2)c(O[C@@H]2[C@@H](O)[C@H](O)[C@@H](CO)O[C@H]2O)c1. The van der Waals surface area contributed by atoms with E-state index in [1.165, 1.54) is 13.2 Å². The standard InChI is InChI=1S/C25H32O10/c1-4-33-16-11-18(32-3)21(17(27)10-7-14-5-8-15(31-2)9-6-14)19(12-16)34-24-23(29)22(28)20(13-26)35-25(24)30/h5-6,8-9,11-12,20,22-26,28-30H,4,7,10,13H2,1-3H3/t20-,22-,23+,24-,25-/m1/s1. The first-order valence-electron chi connectivity index (χ1n) is 11.3. The molecular weight excluding hydrogens is 460 g/mol. The molecule has 5 atom stereocenters. The molecule has 0 spiro atoms. The zero-order valence-corrected chi connectivity index (χ0v) is 19.9. The summed E-state index contributed by atoms with van der Waals surface area (Å²) in [6.07, 6.45) is -6.85. The second kappa shape index (κ2) is 12.2.